The molecule has 14 heavy (non-hydrogen) atoms. The summed E-state index contributed by atoms with van der Waals surface area (Å²) in [5.74, 6) is 0.470. The van der Waals surface area contributed by atoms with Gasteiger partial charge in [-0.1, -0.05) is 0 Å². The van der Waals surface area contributed by atoms with E-state index >= 15 is 0 Å². The van der Waals surface area contributed by atoms with Crippen molar-refractivity contribution in [3.05, 3.63) is 24.2 Å². The Kier molecular flexibility index (Phi) is 4.47. The van der Waals surface area contributed by atoms with Crippen LogP contribution in [0.2, 0.25) is 0 Å². The molecule has 0 N–H and O–H groups in total. The summed E-state index contributed by atoms with van der Waals surface area (Å²) < 4.78 is 9.77. The van der Waals surface area contributed by atoms with Gasteiger partial charge in [-0.15, -0.1) is 0 Å². The summed E-state index contributed by atoms with van der Waals surface area (Å²) in [6.07, 6.45) is 3.48. The second-order valence-electron chi connectivity index (χ2n) is 2.61. The molecule has 0 aliphatic rings. The Balaban J connectivity index is 2.18. The molecule has 76 valence electrons. The molecule has 0 aromatic carbocycles. The molecule has 1 aromatic rings. The number of carbonyl (C=O) groups excluding carboxylic acids is 1. The summed E-state index contributed by atoms with van der Waals surface area (Å²) in [6, 6.07) is 3.58. The Hall–Kier alpha value is -1.58. The molecular formula is C10H13NO3. The monoisotopic (exact) mass is 195 g/mol. The van der Waals surface area contributed by atoms with E-state index in [1.807, 2.05) is 0 Å². The van der Waals surface area contributed by atoms with Gasteiger partial charge >= 0.3 is 5.97 Å². The van der Waals surface area contributed by atoms with E-state index < -0.39 is 0 Å². The van der Waals surface area contributed by atoms with Crippen LogP contribution in [-0.4, -0.2) is 25.3 Å². The first kappa shape index (κ1) is 10.5. The van der Waals surface area contributed by atoms with Gasteiger partial charge in [-0.05, 0) is 19.1 Å². The van der Waals surface area contributed by atoms with Crippen molar-refractivity contribution in [3.63, 3.8) is 0 Å². The van der Waals surface area contributed by atoms with Crippen molar-refractivity contribution in [1.29, 1.82) is 0 Å². The van der Waals surface area contributed by atoms with Gasteiger partial charge in [0.05, 0.1) is 25.5 Å². The molecule has 0 spiro atoms. The highest BCUT2D eigenvalue weighted by molar-refractivity contribution is 5.76. The zero-order valence-corrected chi connectivity index (χ0v) is 8.10. The van der Waals surface area contributed by atoms with E-state index in [4.69, 9.17) is 9.15 Å². The lowest BCUT2D eigenvalue weighted by atomic mass is 10.4. The average molecular weight is 195 g/mol. The molecule has 0 aliphatic heterocycles. The van der Waals surface area contributed by atoms with Crippen molar-refractivity contribution in [2.24, 2.45) is 4.99 Å². The third-order valence-corrected chi connectivity index (χ3v) is 1.51. The van der Waals surface area contributed by atoms with Crippen LogP contribution >= 0.6 is 0 Å². The van der Waals surface area contributed by atoms with Crippen LogP contribution in [0.1, 0.15) is 19.1 Å². The lowest BCUT2D eigenvalue weighted by molar-refractivity contribution is -0.142. The third-order valence-electron chi connectivity index (χ3n) is 1.51. The number of hydrogen-bond acceptors (Lipinski definition) is 4. The number of carbonyl (C=O) groups is 1. The molecule has 0 bridgehead atoms. The Bertz CT molecular complexity index is 290. The van der Waals surface area contributed by atoms with E-state index in [1.54, 1.807) is 31.5 Å². The van der Waals surface area contributed by atoms with Crippen LogP contribution in [0.5, 0.6) is 0 Å². The number of aliphatic imine (C=N–C) groups is 1. The van der Waals surface area contributed by atoms with E-state index in [9.17, 15) is 4.79 Å². The fourth-order valence-corrected chi connectivity index (χ4v) is 0.908. The highest BCUT2D eigenvalue weighted by atomic mass is 16.5. The summed E-state index contributed by atoms with van der Waals surface area (Å²) >= 11 is 0. The summed E-state index contributed by atoms with van der Waals surface area (Å²) in [5.41, 5.74) is 0. The maximum absolute atomic E-state index is 10.9. The lowest BCUT2D eigenvalue weighted by Gasteiger charge is -1.97. The van der Waals surface area contributed by atoms with Gasteiger partial charge in [-0.25, -0.2) is 0 Å². The molecule has 0 amide bonds. The number of hydrogen-bond donors (Lipinski definition) is 0. The molecule has 4 heteroatoms. The molecule has 0 fully saturated rings. The van der Waals surface area contributed by atoms with Crippen molar-refractivity contribution in [3.8, 4) is 0 Å². The lowest BCUT2D eigenvalue weighted by Crippen LogP contribution is -2.05. The van der Waals surface area contributed by atoms with Crippen molar-refractivity contribution >= 4 is 12.2 Å². The Morgan fingerprint density at radius 1 is 1.71 bits per heavy atom. The largest absolute Gasteiger partial charge is 0.466 e. The van der Waals surface area contributed by atoms with Crippen molar-refractivity contribution in [2.75, 3.05) is 13.2 Å². The van der Waals surface area contributed by atoms with Crippen LogP contribution in [0, 0.1) is 0 Å². The van der Waals surface area contributed by atoms with E-state index in [1.165, 1.54) is 0 Å². The average Bonchev–Trinajstić information content (AvgIpc) is 2.65. The standard InChI is InChI=1S/C10H13NO3/c1-2-13-10(12)5-6-11-8-9-4-3-7-14-9/h3-4,7-8H,2,5-6H2,1H3. The number of esters is 1. The summed E-state index contributed by atoms with van der Waals surface area (Å²) in [7, 11) is 0. The van der Waals surface area contributed by atoms with Gasteiger partial charge in [-0.2, -0.15) is 0 Å². The summed E-state index contributed by atoms with van der Waals surface area (Å²) in [4.78, 5) is 14.9. The second kappa shape index (κ2) is 5.96. The third kappa shape index (κ3) is 3.89. The fraction of sp³-hybridized carbons (Fsp3) is 0.400. The fourth-order valence-electron chi connectivity index (χ4n) is 0.908. The molecule has 0 radical (unpaired) electrons. The van der Waals surface area contributed by atoms with Crippen LogP contribution in [0.25, 0.3) is 0 Å². The van der Waals surface area contributed by atoms with Gasteiger partial charge in [0.15, 0.2) is 0 Å². The molecular weight excluding hydrogens is 182 g/mol. The molecule has 0 atom stereocenters. The summed E-state index contributed by atoms with van der Waals surface area (Å²) in [6.45, 7) is 2.63. The van der Waals surface area contributed by atoms with Gasteiger partial charge in [-0.3, -0.25) is 9.79 Å². The van der Waals surface area contributed by atoms with Gasteiger partial charge < -0.3 is 9.15 Å². The Morgan fingerprint density at radius 3 is 3.21 bits per heavy atom. The van der Waals surface area contributed by atoms with Crippen molar-refractivity contribution < 1.29 is 13.9 Å². The van der Waals surface area contributed by atoms with Crippen molar-refractivity contribution in [1.82, 2.24) is 0 Å². The minimum atomic E-state index is -0.218. The first-order valence-corrected chi connectivity index (χ1v) is 4.52. The highest BCUT2D eigenvalue weighted by Crippen LogP contribution is 1.95. The smallest absolute Gasteiger partial charge is 0.307 e. The number of nitrogens with zero attached hydrogens (tertiary/aromatic N) is 1. The van der Waals surface area contributed by atoms with Crippen LogP contribution in [-0.2, 0) is 9.53 Å². The molecule has 1 heterocycles. The predicted octanol–water partition coefficient (Wildman–Crippen LogP) is 1.65. The van der Waals surface area contributed by atoms with Gasteiger partial charge in [0.1, 0.15) is 5.76 Å². The van der Waals surface area contributed by atoms with Crippen LogP contribution in [0.4, 0.5) is 0 Å². The highest BCUT2D eigenvalue weighted by Gasteiger charge is 1.98. The molecule has 0 aliphatic carbocycles. The Labute approximate surface area is 82.6 Å². The SMILES string of the molecule is CCOC(=O)CCN=Cc1ccco1. The second-order valence-corrected chi connectivity index (χ2v) is 2.61. The first-order valence-electron chi connectivity index (χ1n) is 4.52. The maximum Gasteiger partial charge on any atom is 0.307 e. The maximum atomic E-state index is 10.9. The Morgan fingerprint density at radius 2 is 2.57 bits per heavy atom. The quantitative estimate of drug-likeness (QED) is 0.530. The van der Waals surface area contributed by atoms with Gasteiger partial charge in [0, 0.05) is 6.54 Å². The van der Waals surface area contributed by atoms with Crippen LogP contribution in [0.15, 0.2) is 27.8 Å². The number of ether oxygens (including phenoxy) is 1. The molecule has 1 aromatic heterocycles. The zero-order chi connectivity index (χ0) is 10.2. The van der Waals surface area contributed by atoms with Crippen LogP contribution in [0.3, 0.4) is 0 Å². The van der Waals surface area contributed by atoms with E-state index in [-0.39, 0.29) is 5.97 Å². The predicted molar refractivity (Wildman–Crippen MR) is 52.4 cm³/mol. The van der Waals surface area contributed by atoms with E-state index in [0.29, 0.717) is 25.3 Å². The first-order chi connectivity index (χ1) is 6.83. The minimum Gasteiger partial charge on any atom is -0.466 e. The van der Waals surface area contributed by atoms with E-state index in [2.05, 4.69) is 4.99 Å². The molecule has 0 unspecified atom stereocenters. The summed E-state index contributed by atoms with van der Waals surface area (Å²) in [5, 5.41) is 0. The van der Waals surface area contributed by atoms with E-state index in [0.717, 1.165) is 0 Å². The number of rotatable bonds is 5. The minimum absolute atomic E-state index is 0.218. The molecule has 0 saturated heterocycles. The number of furan rings is 1. The topological polar surface area (TPSA) is 51.8 Å². The van der Waals surface area contributed by atoms with Crippen molar-refractivity contribution in [2.45, 2.75) is 13.3 Å². The van der Waals surface area contributed by atoms with Gasteiger partial charge in [0.2, 0.25) is 0 Å². The zero-order valence-electron chi connectivity index (χ0n) is 8.10. The normalized spacial score (nSPS) is 10.6. The molecule has 4 nitrogen and oxygen atoms in total. The molecule has 0 saturated carbocycles. The molecule has 1 rings (SSSR count). The van der Waals surface area contributed by atoms with Crippen LogP contribution < -0.4 is 0 Å². The van der Waals surface area contributed by atoms with Gasteiger partial charge in [0.25, 0.3) is 0 Å².